The molecule has 0 aliphatic rings. The molecule has 2 N–H and O–H groups in total. The molecule has 0 aliphatic carbocycles. The van der Waals surface area contributed by atoms with Crippen molar-refractivity contribution in [2.24, 2.45) is 0 Å². The number of rotatable bonds is 6. The quantitative estimate of drug-likeness (QED) is 0.844. The number of amides is 1. The van der Waals surface area contributed by atoms with Crippen LogP contribution >= 0.6 is 0 Å². The fourth-order valence-electron chi connectivity index (χ4n) is 1.85. The lowest BCUT2D eigenvalue weighted by molar-refractivity contribution is 0.0766. The SMILES string of the molecule is CCCNc1cc(C(=O)N(C)CCO)cc(C(C)(C)C)n1. The number of hydrogen-bond donors (Lipinski definition) is 2. The van der Waals surface area contributed by atoms with Crippen molar-refractivity contribution in [1.82, 2.24) is 9.88 Å². The third-order valence-corrected chi connectivity index (χ3v) is 3.18. The first kappa shape index (κ1) is 17.4. The van der Waals surface area contributed by atoms with Crippen molar-refractivity contribution >= 4 is 11.7 Å². The van der Waals surface area contributed by atoms with Gasteiger partial charge in [0.2, 0.25) is 0 Å². The third-order valence-electron chi connectivity index (χ3n) is 3.18. The lowest BCUT2D eigenvalue weighted by Gasteiger charge is -2.22. The van der Waals surface area contributed by atoms with Gasteiger partial charge in [-0.05, 0) is 18.6 Å². The molecule has 0 saturated heterocycles. The smallest absolute Gasteiger partial charge is 0.253 e. The summed E-state index contributed by atoms with van der Waals surface area (Å²) in [6, 6.07) is 3.62. The summed E-state index contributed by atoms with van der Waals surface area (Å²) >= 11 is 0. The van der Waals surface area contributed by atoms with Crippen molar-refractivity contribution in [2.75, 3.05) is 32.1 Å². The fraction of sp³-hybridized carbons (Fsp3) is 0.625. The Kier molecular flexibility index (Phi) is 6.15. The maximum Gasteiger partial charge on any atom is 0.253 e. The molecule has 0 saturated carbocycles. The summed E-state index contributed by atoms with van der Waals surface area (Å²) < 4.78 is 0. The van der Waals surface area contributed by atoms with Gasteiger partial charge in [0.25, 0.3) is 5.91 Å². The number of aromatic nitrogens is 1. The molecule has 5 heteroatoms. The van der Waals surface area contributed by atoms with Gasteiger partial charge < -0.3 is 15.3 Å². The van der Waals surface area contributed by atoms with Gasteiger partial charge in [-0.2, -0.15) is 0 Å². The van der Waals surface area contributed by atoms with Crippen LogP contribution in [0.3, 0.4) is 0 Å². The summed E-state index contributed by atoms with van der Waals surface area (Å²) in [5, 5.41) is 12.2. The van der Waals surface area contributed by atoms with Crippen LogP contribution in [0, 0.1) is 0 Å². The van der Waals surface area contributed by atoms with Gasteiger partial charge in [0, 0.05) is 36.8 Å². The predicted octanol–water partition coefficient (Wildman–Crippen LogP) is 2.27. The molecule has 0 unspecified atom stereocenters. The Bertz CT molecular complexity index is 481. The van der Waals surface area contributed by atoms with Crippen LogP contribution in [-0.4, -0.2) is 47.6 Å². The van der Waals surface area contributed by atoms with Crippen LogP contribution in [0.1, 0.15) is 50.2 Å². The highest BCUT2D eigenvalue weighted by atomic mass is 16.3. The van der Waals surface area contributed by atoms with Gasteiger partial charge in [0.15, 0.2) is 0 Å². The molecule has 1 rings (SSSR count). The van der Waals surface area contributed by atoms with Crippen LogP contribution in [0.2, 0.25) is 0 Å². The van der Waals surface area contributed by atoms with E-state index >= 15 is 0 Å². The normalized spacial score (nSPS) is 11.3. The van der Waals surface area contributed by atoms with Crippen molar-refractivity contribution in [2.45, 2.75) is 39.5 Å². The second-order valence-electron chi connectivity index (χ2n) is 6.25. The molecule has 1 heterocycles. The summed E-state index contributed by atoms with van der Waals surface area (Å²) in [5.41, 5.74) is 1.35. The number of carbonyl (C=O) groups is 1. The van der Waals surface area contributed by atoms with Gasteiger partial charge in [-0.15, -0.1) is 0 Å². The second kappa shape index (κ2) is 7.41. The second-order valence-corrected chi connectivity index (χ2v) is 6.25. The number of pyridine rings is 1. The Balaban J connectivity index is 3.15. The highest BCUT2D eigenvalue weighted by Crippen LogP contribution is 2.24. The van der Waals surface area contributed by atoms with Gasteiger partial charge in [-0.1, -0.05) is 27.7 Å². The number of nitrogens with one attached hydrogen (secondary N) is 1. The highest BCUT2D eigenvalue weighted by molar-refractivity contribution is 5.95. The lowest BCUT2D eigenvalue weighted by Crippen LogP contribution is -2.30. The summed E-state index contributed by atoms with van der Waals surface area (Å²) in [7, 11) is 1.69. The van der Waals surface area contributed by atoms with Crippen LogP contribution in [0.4, 0.5) is 5.82 Å². The monoisotopic (exact) mass is 293 g/mol. The minimum atomic E-state index is -0.130. The summed E-state index contributed by atoms with van der Waals surface area (Å²) in [6.45, 7) is 9.41. The van der Waals surface area contributed by atoms with Crippen LogP contribution < -0.4 is 5.32 Å². The zero-order chi connectivity index (χ0) is 16.0. The van der Waals surface area contributed by atoms with Gasteiger partial charge in [0.05, 0.1) is 6.61 Å². The molecule has 0 aliphatic heterocycles. The Labute approximate surface area is 127 Å². The maximum atomic E-state index is 12.4. The first-order valence-corrected chi connectivity index (χ1v) is 7.42. The zero-order valence-corrected chi connectivity index (χ0v) is 13.7. The zero-order valence-electron chi connectivity index (χ0n) is 13.7. The molecule has 1 amide bonds. The Morgan fingerprint density at radius 2 is 2.05 bits per heavy atom. The number of carbonyl (C=O) groups excluding carboxylic acids is 1. The largest absolute Gasteiger partial charge is 0.395 e. The summed E-state index contributed by atoms with van der Waals surface area (Å²) in [4.78, 5) is 18.5. The van der Waals surface area contributed by atoms with E-state index in [1.165, 1.54) is 4.90 Å². The number of hydrogen-bond acceptors (Lipinski definition) is 4. The van der Waals surface area contributed by atoms with E-state index in [0.717, 1.165) is 24.5 Å². The van der Waals surface area contributed by atoms with E-state index in [1.54, 1.807) is 13.1 Å². The van der Waals surface area contributed by atoms with Gasteiger partial charge >= 0.3 is 0 Å². The molecule has 0 bridgehead atoms. The number of anilines is 1. The number of likely N-dealkylation sites (N-methyl/N-ethyl adjacent to an activating group) is 1. The molecule has 0 fully saturated rings. The van der Waals surface area contributed by atoms with E-state index in [1.807, 2.05) is 6.07 Å². The van der Waals surface area contributed by atoms with Crippen LogP contribution in [-0.2, 0) is 5.41 Å². The average Bonchev–Trinajstić information content (AvgIpc) is 2.43. The molecular weight excluding hydrogens is 266 g/mol. The predicted molar refractivity (Wildman–Crippen MR) is 85.8 cm³/mol. The van der Waals surface area contributed by atoms with Gasteiger partial charge in [-0.25, -0.2) is 4.98 Å². The van der Waals surface area contributed by atoms with Crippen molar-refractivity contribution < 1.29 is 9.90 Å². The molecule has 0 radical (unpaired) electrons. The van der Waals surface area contributed by atoms with E-state index in [9.17, 15) is 4.79 Å². The van der Waals surface area contributed by atoms with Crippen molar-refractivity contribution in [3.63, 3.8) is 0 Å². The molecule has 5 nitrogen and oxygen atoms in total. The van der Waals surface area contributed by atoms with Crippen molar-refractivity contribution in [3.05, 3.63) is 23.4 Å². The van der Waals surface area contributed by atoms with E-state index in [0.29, 0.717) is 12.1 Å². The molecule has 1 aromatic rings. The highest BCUT2D eigenvalue weighted by Gasteiger charge is 2.20. The minimum Gasteiger partial charge on any atom is -0.395 e. The van der Waals surface area contributed by atoms with E-state index in [-0.39, 0.29) is 17.9 Å². The Morgan fingerprint density at radius 3 is 2.57 bits per heavy atom. The molecule has 0 aromatic carbocycles. The number of aliphatic hydroxyl groups is 1. The lowest BCUT2D eigenvalue weighted by atomic mass is 9.90. The molecule has 21 heavy (non-hydrogen) atoms. The van der Waals surface area contributed by atoms with E-state index < -0.39 is 0 Å². The number of nitrogens with zero attached hydrogens (tertiary/aromatic N) is 2. The molecule has 0 atom stereocenters. The topological polar surface area (TPSA) is 65.5 Å². The first-order valence-electron chi connectivity index (χ1n) is 7.42. The summed E-state index contributed by atoms with van der Waals surface area (Å²) in [6.07, 6.45) is 0.995. The van der Waals surface area contributed by atoms with Crippen molar-refractivity contribution in [1.29, 1.82) is 0 Å². The molecular formula is C16H27N3O2. The van der Waals surface area contributed by atoms with Crippen molar-refractivity contribution in [3.8, 4) is 0 Å². The third kappa shape index (κ3) is 5.01. The standard InChI is InChI=1S/C16H27N3O2/c1-6-7-17-14-11-12(15(21)19(5)8-9-20)10-13(18-14)16(2,3)4/h10-11,20H,6-9H2,1-5H3,(H,17,18). The Morgan fingerprint density at radius 1 is 1.38 bits per heavy atom. The fourth-order valence-corrected chi connectivity index (χ4v) is 1.85. The minimum absolute atomic E-state index is 0.0413. The maximum absolute atomic E-state index is 12.4. The molecule has 1 aromatic heterocycles. The summed E-state index contributed by atoms with van der Waals surface area (Å²) in [5.74, 6) is 0.626. The first-order chi connectivity index (χ1) is 9.79. The van der Waals surface area contributed by atoms with E-state index in [4.69, 9.17) is 5.11 Å². The number of aliphatic hydroxyl groups excluding tert-OH is 1. The molecule has 0 spiro atoms. The van der Waals surface area contributed by atoms with E-state index in [2.05, 4.69) is 38.0 Å². The van der Waals surface area contributed by atoms with Gasteiger partial charge in [-0.3, -0.25) is 4.79 Å². The van der Waals surface area contributed by atoms with Gasteiger partial charge in [0.1, 0.15) is 5.82 Å². The van der Waals surface area contributed by atoms with Crippen LogP contribution in [0.15, 0.2) is 12.1 Å². The molecule has 118 valence electrons. The average molecular weight is 293 g/mol. The Hall–Kier alpha value is -1.62. The van der Waals surface area contributed by atoms with Crippen LogP contribution in [0.5, 0.6) is 0 Å². The van der Waals surface area contributed by atoms with Crippen LogP contribution in [0.25, 0.3) is 0 Å².